The van der Waals surface area contributed by atoms with Crippen LogP contribution in [0.3, 0.4) is 0 Å². The number of unbranched alkanes of at least 4 members (excludes halogenated alkanes) is 2. The highest BCUT2D eigenvalue weighted by atomic mass is 35.5. The fourth-order valence-electron chi connectivity index (χ4n) is 4.62. The first-order valence-corrected chi connectivity index (χ1v) is 14.0. The summed E-state index contributed by atoms with van der Waals surface area (Å²) in [4.78, 5) is 46.4. The van der Waals surface area contributed by atoms with Crippen molar-refractivity contribution in [1.29, 1.82) is 0 Å². The lowest BCUT2D eigenvalue weighted by Crippen LogP contribution is -2.29. The summed E-state index contributed by atoms with van der Waals surface area (Å²) >= 11 is 7.22. The Morgan fingerprint density at radius 1 is 1.13 bits per heavy atom. The Hall–Kier alpha value is -3.69. The van der Waals surface area contributed by atoms with Gasteiger partial charge in [-0.05, 0) is 56.2 Å². The Labute approximate surface area is 234 Å². The minimum absolute atomic E-state index is 0.0646. The molecule has 0 N–H and O–H groups in total. The fourth-order valence-corrected chi connectivity index (χ4v) is 5.78. The predicted molar refractivity (Wildman–Crippen MR) is 150 cm³/mol. The van der Waals surface area contributed by atoms with Crippen molar-refractivity contribution in [2.45, 2.75) is 46.1 Å². The number of ether oxygens (including phenoxy) is 2. The molecule has 1 aliphatic heterocycles. The van der Waals surface area contributed by atoms with Gasteiger partial charge in [0.25, 0.3) is 5.91 Å². The van der Waals surface area contributed by atoms with Crippen molar-refractivity contribution in [3.63, 3.8) is 0 Å². The summed E-state index contributed by atoms with van der Waals surface area (Å²) < 4.78 is 17.0. The van der Waals surface area contributed by atoms with E-state index in [1.165, 1.54) is 11.0 Å². The smallest absolute Gasteiger partial charge is 0.350 e. The molecule has 1 amide bonds. The van der Waals surface area contributed by atoms with E-state index in [9.17, 15) is 14.4 Å². The van der Waals surface area contributed by atoms with Crippen LogP contribution < -0.4 is 15.1 Å². The number of thiazole rings is 1. The molecule has 10 heteroatoms. The average molecular weight is 567 g/mol. The van der Waals surface area contributed by atoms with Gasteiger partial charge in [-0.2, -0.15) is 0 Å². The van der Waals surface area contributed by atoms with Crippen LogP contribution in [-0.2, 0) is 4.74 Å². The largest absolute Gasteiger partial charge is 0.494 e. The molecule has 0 saturated carbocycles. The zero-order valence-electron chi connectivity index (χ0n) is 21.8. The number of halogens is 1. The number of anilines is 1. The monoisotopic (exact) mass is 566 g/mol. The van der Waals surface area contributed by atoms with Crippen molar-refractivity contribution in [1.82, 2.24) is 4.98 Å². The van der Waals surface area contributed by atoms with E-state index in [1.54, 1.807) is 26.0 Å². The van der Waals surface area contributed by atoms with Gasteiger partial charge in [0.15, 0.2) is 10.6 Å². The van der Waals surface area contributed by atoms with E-state index in [0.717, 1.165) is 30.6 Å². The van der Waals surface area contributed by atoms with Crippen LogP contribution in [-0.4, -0.2) is 30.1 Å². The van der Waals surface area contributed by atoms with Crippen LogP contribution in [0.1, 0.15) is 76.2 Å². The van der Waals surface area contributed by atoms with Crippen molar-refractivity contribution < 1.29 is 23.5 Å². The van der Waals surface area contributed by atoms with Gasteiger partial charge >= 0.3 is 5.97 Å². The summed E-state index contributed by atoms with van der Waals surface area (Å²) in [7, 11) is 0. The maximum absolute atomic E-state index is 13.8. The Kier molecular flexibility index (Phi) is 7.72. The Morgan fingerprint density at radius 3 is 2.62 bits per heavy atom. The van der Waals surface area contributed by atoms with E-state index in [4.69, 9.17) is 25.5 Å². The maximum atomic E-state index is 13.8. The number of amides is 1. The van der Waals surface area contributed by atoms with Gasteiger partial charge in [0.05, 0.1) is 35.9 Å². The van der Waals surface area contributed by atoms with Crippen LogP contribution in [0, 0.1) is 6.92 Å². The number of hydrogen-bond donors (Lipinski definition) is 0. The molecule has 4 aromatic rings. The van der Waals surface area contributed by atoms with Crippen LogP contribution in [0.2, 0.25) is 5.02 Å². The van der Waals surface area contributed by atoms with Crippen LogP contribution in [0.15, 0.2) is 51.7 Å². The zero-order chi connectivity index (χ0) is 27.7. The number of nitrogens with zero attached hydrogens (tertiary/aromatic N) is 2. The summed E-state index contributed by atoms with van der Waals surface area (Å²) in [6, 6.07) is 11.2. The first kappa shape index (κ1) is 26.9. The Morgan fingerprint density at radius 2 is 1.90 bits per heavy atom. The van der Waals surface area contributed by atoms with Crippen molar-refractivity contribution in [2.75, 3.05) is 18.1 Å². The van der Waals surface area contributed by atoms with Crippen molar-refractivity contribution >= 4 is 50.9 Å². The minimum Gasteiger partial charge on any atom is -0.494 e. The van der Waals surface area contributed by atoms with Crippen molar-refractivity contribution in [3.8, 4) is 5.75 Å². The molecule has 0 saturated heterocycles. The number of carbonyl (C=O) groups is 2. The molecular weight excluding hydrogens is 540 g/mol. The van der Waals surface area contributed by atoms with Gasteiger partial charge < -0.3 is 13.9 Å². The average Bonchev–Trinajstić information content (AvgIpc) is 3.45. The number of aromatic nitrogens is 1. The molecule has 3 heterocycles. The molecule has 0 spiro atoms. The van der Waals surface area contributed by atoms with Crippen molar-refractivity contribution in [3.05, 3.63) is 85.2 Å². The van der Waals surface area contributed by atoms with E-state index in [-0.39, 0.29) is 39.5 Å². The molecule has 2 aromatic heterocycles. The molecule has 202 valence electrons. The number of rotatable bonds is 9. The number of benzene rings is 2. The molecule has 39 heavy (non-hydrogen) atoms. The lowest BCUT2D eigenvalue weighted by molar-refractivity contribution is 0.0531. The van der Waals surface area contributed by atoms with E-state index < -0.39 is 17.9 Å². The highest BCUT2D eigenvalue weighted by Gasteiger charge is 2.45. The summed E-state index contributed by atoms with van der Waals surface area (Å²) in [6.07, 6.45) is 3.14. The third kappa shape index (κ3) is 5.04. The van der Waals surface area contributed by atoms with Crippen LogP contribution in [0.4, 0.5) is 5.13 Å². The fraction of sp³-hybridized carbons (Fsp3) is 0.310. The molecule has 5 rings (SSSR count). The summed E-state index contributed by atoms with van der Waals surface area (Å²) in [5.41, 5.74) is 1.20. The number of aryl methyl sites for hydroxylation is 1. The molecule has 1 atom stereocenters. The molecule has 0 aliphatic carbocycles. The Balaban J connectivity index is 1.62. The van der Waals surface area contributed by atoms with Gasteiger partial charge in [0.1, 0.15) is 16.2 Å². The van der Waals surface area contributed by atoms with Gasteiger partial charge in [-0.1, -0.05) is 54.8 Å². The van der Waals surface area contributed by atoms with Crippen molar-refractivity contribution in [2.24, 2.45) is 0 Å². The number of hydrogen-bond acceptors (Lipinski definition) is 8. The number of esters is 1. The quantitative estimate of drug-likeness (QED) is 0.164. The van der Waals surface area contributed by atoms with Gasteiger partial charge in [-0.15, -0.1) is 0 Å². The Bertz CT molecular complexity index is 1610. The third-order valence-corrected chi connectivity index (χ3v) is 7.87. The van der Waals surface area contributed by atoms with Gasteiger partial charge in [0.2, 0.25) is 5.76 Å². The van der Waals surface area contributed by atoms with Crippen LogP contribution in [0.25, 0.3) is 11.0 Å². The molecule has 1 aliphatic rings. The molecular formula is C29H27ClN2O6S. The molecule has 0 radical (unpaired) electrons. The lowest BCUT2D eigenvalue weighted by atomic mass is 9.98. The second-order valence-electron chi connectivity index (χ2n) is 9.15. The van der Waals surface area contributed by atoms with E-state index in [1.807, 2.05) is 24.3 Å². The van der Waals surface area contributed by atoms with E-state index in [0.29, 0.717) is 33.5 Å². The molecule has 1 unspecified atom stereocenters. The topological polar surface area (TPSA) is 98.9 Å². The third-order valence-electron chi connectivity index (χ3n) is 6.50. The first-order valence-electron chi connectivity index (χ1n) is 12.8. The second kappa shape index (κ2) is 11.2. The number of fused-ring (bicyclic) bond motifs is 2. The SMILES string of the molecule is CCCCCOc1ccc(C2c3c(oc4ccc(Cl)cc4c3=O)C(=O)N2c2nc(C)c(C(=O)OCC)s2)cc1. The molecule has 8 nitrogen and oxygen atoms in total. The predicted octanol–water partition coefficient (Wildman–Crippen LogP) is 6.71. The maximum Gasteiger partial charge on any atom is 0.350 e. The van der Waals surface area contributed by atoms with Gasteiger partial charge in [0, 0.05) is 5.02 Å². The van der Waals surface area contributed by atoms with E-state index >= 15 is 0 Å². The van der Waals surface area contributed by atoms with Crippen LogP contribution >= 0.6 is 22.9 Å². The number of carbonyl (C=O) groups excluding carboxylic acids is 2. The van der Waals surface area contributed by atoms with Crippen LogP contribution in [0.5, 0.6) is 5.75 Å². The second-order valence-corrected chi connectivity index (χ2v) is 10.6. The highest BCUT2D eigenvalue weighted by molar-refractivity contribution is 7.17. The standard InChI is InChI=1S/C29H27ClN2O6S/c1-4-6-7-14-37-19-11-8-17(9-12-19)23-22-24(33)20-15-18(30)10-13-21(20)38-25(22)27(34)32(23)29-31-16(3)26(39-29)28(35)36-5-2/h8-13,15,23H,4-7,14H2,1-3H3. The lowest BCUT2D eigenvalue weighted by Gasteiger charge is -2.22. The minimum atomic E-state index is -0.832. The summed E-state index contributed by atoms with van der Waals surface area (Å²) in [5.74, 6) is -0.408. The summed E-state index contributed by atoms with van der Waals surface area (Å²) in [6.45, 7) is 6.35. The zero-order valence-corrected chi connectivity index (χ0v) is 23.4. The molecule has 0 fully saturated rings. The van der Waals surface area contributed by atoms with E-state index in [2.05, 4.69) is 11.9 Å². The van der Waals surface area contributed by atoms with Gasteiger partial charge in [-0.3, -0.25) is 14.5 Å². The highest BCUT2D eigenvalue weighted by Crippen LogP contribution is 2.43. The summed E-state index contributed by atoms with van der Waals surface area (Å²) in [5, 5.41) is 0.921. The molecule has 2 aromatic carbocycles. The van der Waals surface area contributed by atoms with Gasteiger partial charge in [-0.25, -0.2) is 9.78 Å². The normalized spacial score (nSPS) is 14.6. The molecule has 0 bridgehead atoms. The first-order chi connectivity index (χ1) is 18.8.